The van der Waals surface area contributed by atoms with Gasteiger partial charge in [-0.2, -0.15) is 0 Å². The largest absolute Gasteiger partial charge is 0.468 e. The molecule has 17 heavy (non-hydrogen) atoms. The second-order valence-corrected chi connectivity index (χ2v) is 4.73. The van der Waals surface area contributed by atoms with Crippen LogP contribution in [0.3, 0.4) is 0 Å². The predicted octanol–water partition coefficient (Wildman–Crippen LogP) is 0.494. The molecule has 5 nitrogen and oxygen atoms in total. The lowest BCUT2D eigenvalue weighted by Gasteiger charge is -2.31. The lowest BCUT2D eigenvalue weighted by molar-refractivity contribution is -0.148. The average Bonchev–Trinajstić information content (AvgIpc) is 2.27. The van der Waals surface area contributed by atoms with E-state index in [0.29, 0.717) is 13.2 Å². The van der Waals surface area contributed by atoms with Gasteiger partial charge < -0.3 is 19.7 Å². The first kappa shape index (κ1) is 16.4. The summed E-state index contributed by atoms with van der Waals surface area (Å²) in [6.07, 6.45) is 0.236. The maximum absolute atomic E-state index is 11.6. The minimum absolute atomic E-state index is 0.236. The summed E-state index contributed by atoms with van der Waals surface area (Å²) in [5.74, 6) is -0.253. The molecule has 0 rings (SSSR count). The molecule has 1 unspecified atom stereocenters. The number of methoxy groups -OCH3 is 1. The second-order valence-electron chi connectivity index (χ2n) is 4.73. The number of carbonyl (C=O) groups excluding carboxylic acids is 1. The maximum atomic E-state index is 11.6. The van der Waals surface area contributed by atoms with Crippen molar-refractivity contribution in [2.24, 2.45) is 0 Å². The molecule has 0 aromatic heterocycles. The number of ether oxygens (including phenoxy) is 2. The second kappa shape index (κ2) is 7.63. The summed E-state index contributed by atoms with van der Waals surface area (Å²) < 4.78 is 10.3. The summed E-state index contributed by atoms with van der Waals surface area (Å²) >= 11 is 0. The minimum atomic E-state index is -0.679. The SMILES string of the molecule is CNC(C)(CN(C)CCOC(C)C)C(=O)OC. The molecular formula is C12H26N2O3. The van der Waals surface area contributed by atoms with Crippen LogP contribution in [0.1, 0.15) is 20.8 Å². The molecule has 0 aromatic rings. The topological polar surface area (TPSA) is 50.8 Å². The highest BCUT2D eigenvalue weighted by Crippen LogP contribution is 2.07. The van der Waals surface area contributed by atoms with E-state index in [9.17, 15) is 4.79 Å². The van der Waals surface area contributed by atoms with Gasteiger partial charge in [0, 0.05) is 13.1 Å². The Morgan fingerprint density at radius 2 is 2.06 bits per heavy atom. The first-order valence-electron chi connectivity index (χ1n) is 5.93. The van der Waals surface area contributed by atoms with Crippen molar-refractivity contribution in [3.63, 3.8) is 0 Å². The van der Waals surface area contributed by atoms with Gasteiger partial charge in [0.1, 0.15) is 5.54 Å². The molecule has 0 radical (unpaired) electrons. The van der Waals surface area contributed by atoms with Gasteiger partial charge in [-0.3, -0.25) is 4.79 Å². The van der Waals surface area contributed by atoms with Gasteiger partial charge in [0.2, 0.25) is 0 Å². The van der Waals surface area contributed by atoms with E-state index >= 15 is 0 Å². The van der Waals surface area contributed by atoms with Crippen LogP contribution < -0.4 is 5.32 Å². The smallest absolute Gasteiger partial charge is 0.327 e. The molecule has 0 aliphatic carbocycles. The van der Waals surface area contributed by atoms with Crippen LogP contribution in [0.4, 0.5) is 0 Å². The molecule has 0 saturated carbocycles. The molecule has 0 aliphatic heterocycles. The van der Waals surface area contributed by atoms with Crippen molar-refractivity contribution >= 4 is 5.97 Å². The molecular weight excluding hydrogens is 220 g/mol. The molecule has 5 heteroatoms. The quantitative estimate of drug-likeness (QED) is 0.632. The van der Waals surface area contributed by atoms with Crippen LogP contribution >= 0.6 is 0 Å². The molecule has 1 atom stereocenters. The normalized spacial score (nSPS) is 15.1. The Hall–Kier alpha value is -0.650. The van der Waals surface area contributed by atoms with E-state index in [1.54, 1.807) is 7.05 Å². The van der Waals surface area contributed by atoms with Crippen molar-refractivity contribution in [2.45, 2.75) is 32.4 Å². The summed E-state index contributed by atoms with van der Waals surface area (Å²) in [6.45, 7) is 7.87. The zero-order valence-corrected chi connectivity index (χ0v) is 11.9. The zero-order valence-electron chi connectivity index (χ0n) is 11.9. The van der Waals surface area contributed by atoms with Gasteiger partial charge in [0.25, 0.3) is 0 Å². The number of nitrogens with one attached hydrogen (secondary N) is 1. The first-order valence-corrected chi connectivity index (χ1v) is 5.93. The summed E-state index contributed by atoms with van der Waals surface area (Å²) in [4.78, 5) is 13.7. The molecule has 0 amide bonds. The van der Waals surface area contributed by atoms with Gasteiger partial charge in [0.05, 0.1) is 19.8 Å². The van der Waals surface area contributed by atoms with Crippen molar-refractivity contribution in [1.82, 2.24) is 10.2 Å². The molecule has 0 fully saturated rings. The summed E-state index contributed by atoms with van der Waals surface area (Å²) in [6, 6.07) is 0. The van der Waals surface area contributed by atoms with E-state index < -0.39 is 5.54 Å². The number of carbonyl (C=O) groups is 1. The highest BCUT2D eigenvalue weighted by atomic mass is 16.5. The Labute approximate surface area is 104 Å². The van der Waals surface area contributed by atoms with E-state index in [4.69, 9.17) is 9.47 Å². The fourth-order valence-corrected chi connectivity index (χ4v) is 1.53. The molecule has 0 heterocycles. The Morgan fingerprint density at radius 1 is 1.47 bits per heavy atom. The zero-order chi connectivity index (χ0) is 13.5. The van der Waals surface area contributed by atoms with Gasteiger partial charge in [-0.05, 0) is 34.9 Å². The first-order chi connectivity index (χ1) is 7.85. The van der Waals surface area contributed by atoms with Crippen LogP contribution in [0.15, 0.2) is 0 Å². The van der Waals surface area contributed by atoms with Crippen molar-refractivity contribution in [3.05, 3.63) is 0 Å². The van der Waals surface area contributed by atoms with E-state index in [2.05, 4.69) is 10.2 Å². The summed E-state index contributed by atoms with van der Waals surface area (Å²) in [5.41, 5.74) is -0.679. The van der Waals surface area contributed by atoms with Crippen molar-refractivity contribution < 1.29 is 14.3 Å². The minimum Gasteiger partial charge on any atom is -0.468 e. The Balaban J connectivity index is 4.14. The maximum Gasteiger partial charge on any atom is 0.327 e. The Morgan fingerprint density at radius 3 is 2.47 bits per heavy atom. The van der Waals surface area contributed by atoms with Crippen molar-refractivity contribution in [2.75, 3.05) is 40.9 Å². The average molecular weight is 246 g/mol. The van der Waals surface area contributed by atoms with Gasteiger partial charge in [-0.25, -0.2) is 0 Å². The fourth-order valence-electron chi connectivity index (χ4n) is 1.53. The number of likely N-dealkylation sites (N-methyl/N-ethyl adjacent to an activating group) is 2. The Bertz CT molecular complexity index is 234. The summed E-state index contributed by atoms with van der Waals surface area (Å²) in [5, 5.41) is 3.00. The van der Waals surface area contributed by atoms with Gasteiger partial charge >= 0.3 is 5.97 Å². The molecule has 0 aliphatic rings. The monoisotopic (exact) mass is 246 g/mol. The third kappa shape index (κ3) is 6.00. The third-order valence-electron chi connectivity index (χ3n) is 2.70. The van der Waals surface area contributed by atoms with Crippen molar-refractivity contribution in [3.8, 4) is 0 Å². The predicted molar refractivity (Wildman–Crippen MR) is 68.1 cm³/mol. The molecule has 0 aromatic carbocycles. The number of esters is 1. The van der Waals surface area contributed by atoms with Gasteiger partial charge in [-0.1, -0.05) is 0 Å². The highest BCUT2D eigenvalue weighted by Gasteiger charge is 2.33. The Kier molecular flexibility index (Phi) is 7.34. The molecule has 1 N–H and O–H groups in total. The molecule has 0 spiro atoms. The lowest BCUT2D eigenvalue weighted by atomic mass is 10.0. The lowest BCUT2D eigenvalue weighted by Crippen LogP contribution is -2.55. The third-order valence-corrected chi connectivity index (χ3v) is 2.70. The summed E-state index contributed by atoms with van der Waals surface area (Å²) in [7, 11) is 5.12. The molecule has 102 valence electrons. The molecule has 0 saturated heterocycles. The number of hydrogen-bond donors (Lipinski definition) is 1. The number of rotatable bonds is 8. The van der Waals surface area contributed by atoms with E-state index in [1.165, 1.54) is 7.11 Å². The van der Waals surface area contributed by atoms with Crippen molar-refractivity contribution in [1.29, 1.82) is 0 Å². The van der Waals surface area contributed by atoms with Gasteiger partial charge in [-0.15, -0.1) is 0 Å². The molecule has 0 bridgehead atoms. The van der Waals surface area contributed by atoms with Crippen LogP contribution in [0, 0.1) is 0 Å². The van der Waals surface area contributed by atoms with Gasteiger partial charge in [0.15, 0.2) is 0 Å². The fraction of sp³-hybridized carbons (Fsp3) is 0.917. The van der Waals surface area contributed by atoms with E-state index in [1.807, 2.05) is 27.8 Å². The number of hydrogen-bond acceptors (Lipinski definition) is 5. The van der Waals surface area contributed by atoms with Crippen LogP contribution in [-0.4, -0.2) is 63.4 Å². The van der Waals surface area contributed by atoms with Crippen LogP contribution in [0.25, 0.3) is 0 Å². The van der Waals surface area contributed by atoms with E-state index in [-0.39, 0.29) is 12.1 Å². The van der Waals surface area contributed by atoms with Crippen LogP contribution in [-0.2, 0) is 14.3 Å². The standard InChI is InChI=1S/C12H26N2O3/c1-10(2)17-8-7-14(5)9-12(3,13-4)11(15)16-6/h10,13H,7-9H2,1-6H3. The van der Waals surface area contributed by atoms with Crippen LogP contribution in [0.2, 0.25) is 0 Å². The highest BCUT2D eigenvalue weighted by molar-refractivity contribution is 5.80. The number of nitrogens with zero attached hydrogens (tertiary/aromatic N) is 1. The van der Waals surface area contributed by atoms with E-state index in [0.717, 1.165) is 6.54 Å². The van der Waals surface area contributed by atoms with Crippen LogP contribution in [0.5, 0.6) is 0 Å².